The molecule has 15 nitrogen and oxygen atoms in total. The Morgan fingerprint density at radius 3 is 2.56 bits per heavy atom. The predicted octanol–water partition coefficient (Wildman–Crippen LogP) is 3.13. The quantitative estimate of drug-likeness (QED) is 0.274. The van der Waals surface area contributed by atoms with Gasteiger partial charge in [0.2, 0.25) is 27.7 Å². The number of ether oxygens (including phenoxy) is 2. The average molecular weight is 773 g/mol. The van der Waals surface area contributed by atoms with Crippen LogP contribution in [0.25, 0.3) is 10.8 Å². The van der Waals surface area contributed by atoms with Crippen molar-refractivity contribution >= 4 is 50.3 Å². The van der Waals surface area contributed by atoms with E-state index in [-0.39, 0.29) is 44.0 Å². The number of alkyl halides is 1. The number of methoxy groups -OCH3 is 1. The number of carbonyl (C=O) groups excluding carboxylic acids is 3. The molecule has 54 heavy (non-hydrogen) atoms. The number of allylic oxidation sites excluding steroid dienone is 1. The van der Waals surface area contributed by atoms with E-state index >= 15 is 0 Å². The summed E-state index contributed by atoms with van der Waals surface area (Å²) in [6.07, 6.45) is 4.99. The first-order valence-electron chi connectivity index (χ1n) is 18.3. The molecule has 0 radical (unpaired) electrons. The highest BCUT2D eigenvalue weighted by Crippen LogP contribution is 2.48. The number of nitrogens with zero attached hydrogens (tertiary/aromatic N) is 3. The fourth-order valence-corrected chi connectivity index (χ4v) is 9.18. The highest BCUT2D eigenvalue weighted by atomic mass is 32.2. The maximum absolute atomic E-state index is 14.4. The van der Waals surface area contributed by atoms with Crippen LogP contribution in [-0.2, 0) is 24.4 Å². The molecule has 17 heteroatoms. The van der Waals surface area contributed by atoms with E-state index in [0.717, 1.165) is 11.1 Å². The van der Waals surface area contributed by atoms with Crippen LogP contribution in [0.4, 0.5) is 14.9 Å². The SMILES string of the molecule is COc1cnc(O[C@@H]2C[C@H]3C(=O)N[C@]4(C(=O)NS(=O)(=O)C5(CF)CC5)C[C@H]4/C=C\CC[C@@H](C)C[C@@H](C)[C@H](NC(=O)O)C(=O)N3C2)c2ccc(N(C)C)cc12. The molecule has 2 aromatic rings. The molecule has 6 rings (SSSR count). The standard InChI is InChI=1S/C37H49FN6O9S/c1-21-8-6-7-9-23-17-37(23,34(47)42-54(50,51)36(20-38)12-13-36)41-31(45)28-16-25(19-44(28)33(46)30(22(2)14-21)40-35(48)49)53-32-26-11-10-24(43(3)4)15-27(26)29(52-5)18-39-32/h7,9-11,15,18,21-23,25,28,30,40H,6,8,12-14,16-17,19-20H2,1-5H3,(H,41,45)(H,42,47)(H,48,49)/b9-7-/t21-,22-,23-,25-,28+,30+,37-/m1/s1. The molecule has 0 spiro atoms. The van der Waals surface area contributed by atoms with Gasteiger partial charge in [0.1, 0.15) is 40.9 Å². The van der Waals surface area contributed by atoms with E-state index in [0.29, 0.717) is 30.4 Å². The number of anilines is 1. The Labute approximate surface area is 314 Å². The molecule has 7 atom stereocenters. The molecule has 4 aliphatic rings. The molecule has 4 amide bonds. The van der Waals surface area contributed by atoms with Gasteiger partial charge < -0.3 is 35.0 Å². The lowest BCUT2D eigenvalue weighted by molar-refractivity contribution is -0.142. The van der Waals surface area contributed by atoms with Gasteiger partial charge in [0.25, 0.3) is 5.91 Å². The summed E-state index contributed by atoms with van der Waals surface area (Å²) in [7, 11) is 0.949. The van der Waals surface area contributed by atoms with E-state index in [9.17, 15) is 37.1 Å². The Balaban J connectivity index is 1.35. The van der Waals surface area contributed by atoms with Crippen molar-refractivity contribution in [1.82, 2.24) is 25.2 Å². The zero-order valence-corrected chi connectivity index (χ0v) is 31.9. The molecule has 2 aliphatic heterocycles. The van der Waals surface area contributed by atoms with E-state index in [1.165, 1.54) is 18.2 Å². The average Bonchev–Trinajstić information content (AvgIpc) is 4.03. The number of pyridine rings is 1. The number of carboxylic acid groups (broad SMARTS) is 1. The molecule has 2 saturated carbocycles. The van der Waals surface area contributed by atoms with Crippen molar-refractivity contribution in [3.63, 3.8) is 0 Å². The normalized spacial score (nSPS) is 30.1. The molecule has 294 valence electrons. The number of hydrogen-bond donors (Lipinski definition) is 4. The summed E-state index contributed by atoms with van der Waals surface area (Å²) in [4.78, 5) is 62.3. The molecule has 1 aromatic carbocycles. The van der Waals surface area contributed by atoms with Gasteiger partial charge in [0.05, 0.1) is 19.9 Å². The van der Waals surface area contributed by atoms with Crippen LogP contribution in [0, 0.1) is 17.8 Å². The summed E-state index contributed by atoms with van der Waals surface area (Å²) in [6.45, 7) is 2.54. The van der Waals surface area contributed by atoms with Crippen molar-refractivity contribution < 1.29 is 46.6 Å². The fraction of sp³-hybridized carbons (Fsp3) is 0.595. The van der Waals surface area contributed by atoms with Crippen molar-refractivity contribution in [1.29, 1.82) is 0 Å². The van der Waals surface area contributed by atoms with E-state index in [1.54, 1.807) is 13.0 Å². The van der Waals surface area contributed by atoms with Gasteiger partial charge in [0.15, 0.2) is 0 Å². The van der Waals surface area contributed by atoms with Crippen LogP contribution in [0.5, 0.6) is 11.6 Å². The maximum atomic E-state index is 14.4. The molecule has 3 fully saturated rings. The van der Waals surface area contributed by atoms with E-state index in [2.05, 4.69) is 20.3 Å². The smallest absolute Gasteiger partial charge is 0.405 e. The Morgan fingerprint density at radius 2 is 1.91 bits per heavy atom. The highest BCUT2D eigenvalue weighted by molar-refractivity contribution is 7.91. The lowest BCUT2D eigenvalue weighted by Crippen LogP contribution is -2.59. The maximum Gasteiger partial charge on any atom is 0.405 e. The van der Waals surface area contributed by atoms with Crippen LogP contribution in [0.3, 0.4) is 0 Å². The lowest BCUT2D eigenvalue weighted by atomic mass is 9.88. The molecular formula is C37H49FN6O9S. The summed E-state index contributed by atoms with van der Waals surface area (Å²) in [5.74, 6) is -2.52. The number of sulfonamides is 1. The summed E-state index contributed by atoms with van der Waals surface area (Å²) >= 11 is 0. The Bertz CT molecular complexity index is 1960. The first-order valence-corrected chi connectivity index (χ1v) is 19.7. The number of benzene rings is 1. The molecule has 1 saturated heterocycles. The molecule has 1 aromatic heterocycles. The second-order valence-corrected chi connectivity index (χ2v) is 17.6. The Hall–Kier alpha value is -4.67. The van der Waals surface area contributed by atoms with Crippen LogP contribution >= 0.6 is 0 Å². The molecular weight excluding hydrogens is 724 g/mol. The van der Waals surface area contributed by atoms with Crippen LogP contribution in [0.2, 0.25) is 0 Å². The Morgan fingerprint density at radius 1 is 1.17 bits per heavy atom. The van der Waals surface area contributed by atoms with E-state index in [1.807, 2.05) is 50.2 Å². The third kappa shape index (κ3) is 7.51. The number of hydrogen-bond acceptors (Lipinski definition) is 10. The van der Waals surface area contributed by atoms with Gasteiger partial charge in [-0.1, -0.05) is 26.0 Å². The minimum atomic E-state index is -4.39. The number of carbonyl (C=O) groups is 4. The van der Waals surface area contributed by atoms with Gasteiger partial charge >= 0.3 is 6.09 Å². The van der Waals surface area contributed by atoms with Crippen molar-refractivity contribution in [2.75, 3.05) is 39.3 Å². The van der Waals surface area contributed by atoms with Gasteiger partial charge in [-0.3, -0.25) is 19.1 Å². The molecule has 4 N–H and O–H groups in total. The highest BCUT2D eigenvalue weighted by Gasteiger charge is 2.64. The first-order chi connectivity index (χ1) is 25.5. The fourth-order valence-electron chi connectivity index (χ4n) is 7.76. The summed E-state index contributed by atoms with van der Waals surface area (Å²) < 4.78 is 52.4. The largest absolute Gasteiger partial charge is 0.494 e. The van der Waals surface area contributed by atoms with E-state index in [4.69, 9.17) is 9.47 Å². The number of amides is 4. The lowest BCUT2D eigenvalue weighted by Gasteiger charge is -2.32. The summed E-state index contributed by atoms with van der Waals surface area (Å²) in [6, 6.07) is 3.22. The molecule has 2 aliphatic carbocycles. The van der Waals surface area contributed by atoms with Crippen molar-refractivity contribution in [3.8, 4) is 11.6 Å². The Kier molecular flexibility index (Phi) is 10.7. The second-order valence-electron chi connectivity index (χ2n) is 15.5. The van der Waals surface area contributed by atoms with Crippen molar-refractivity contribution in [3.05, 3.63) is 36.5 Å². The van der Waals surface area contributed by atoms with Gasteiger partial charge in [-0.05, 0) is 68.6 Å². The third-order valence-electron chi connectivity index (χ3n) is 11.4. The number of aromatic nitrogens is 1. The molecule has 0 unspecified atom stereocenters. The van der Waals surface area contributed by atoms with E-state index < -0.39 is 80.8 Å². The van der Waals surface area contributed by atoms with Gasteiger partial charge in [-0.15, -0.1) is 0 Å². The van der Waals surface area contributed by atoms with Crippen molar-refractivity contribution in [2.24, 2.45) is 17.8 Å². The van der Waals surface area contributed by atoms with Crippen LogP contribution in [0.1, 0.15) is 58.8 Å². The topological polar surface area (TPSA) is 197 Å². The van der Waals surface area contributed by atoms with Crippen LogP contribution in [0.15, 0.2) is 36.5 Å². The number of halogens is 1. The number of fused-ring (bicyclic) bond motifs is 3. The number of rotatable bonds is 9. The summed E-state index contributed by atoms with van der Waals surface area (Å²) in [5.41, 5.74) is -0.764. The zero-order chi connectivity index (χ0) is 39.2. The van der Waals surface area contributed by atoms with Gasteiger partial charge in [0, 0.05) is 42.9 Å². The minimum absolute atomic E-state index is 0.0470. The second kappa shape index (κ2) is 14.9. The molecule has 3 heterocycles. The van der Waals surface area contributed by atoms with Crippen LogP contribution < -0.4 is 29.7 Å². The molecule has 0 bridgehead atoms. The minimum Gasteiger partial charge on any atom is -0.494 e. The van der Waals surface area contributed by atoms with Crippen LogP contribution in [-0.4, -0.2) is 110 Å². The van der Waals surface area contributed by atoms with Gasteiger partial charge in [-0.25, -0.2) is 22.6 Å². The third-order valence-corrected chi connectivity index (χ3v) is 13.5. The first kappa shape index (κ1) is 39.0. The number of nitrogens with one attached hydrogen (secondary N) is 3. The van der Waals surface area contributed by atoms with Crippen molar-refractivity contribution in [2.45, 2.75) is 87.3 Å². The monoisotopic (exact) mass is 772 g/mol. The van der Waals surface area contributed by atoms with Gasteiger partial charge in [-0.2, -0.15) is 0 Å². The zero-order valence-electron chi connectivity index (χ0n) is 31.1. The summed E-state index contributed by atoms with van der Waals surface area (Å²) in [5, 5.41) is 16.3. The predicted molar refractivity (Wildman–Crippen MR) is 197 cm³/mol.